The molecule has 1 atom stereocenters. The van der Waals surface area contributed by atoms with Crippen LogP contribution in [0, 0.1) is 18.3 Å². The van der Waals surface area contributed by atoms with Crippen LogP contribution in [0.2, 0.25) is 25.7 Å². The first-order chi connectivity index (χ1) is 19.6. The fourth-order valence-electron chi connectivity index (χ4n) is 5.42. The largest absolute Gasteiger partial charge is 0.496 e. The van der Waals surface area contributed by atoms with Crippen molar-refractivity contribution in [2.24, 2.45) is 0 Å². The number of ether oxygens (including phenoxy) is 3. The van der Waals surface area contributed by atoms with Crippen LogP contribution in [-0.2, 0) is 21.6 Å². The molecule has 0 aliphatic heterocycles. The van der Waals surface area contributed by atoms with E-state index >= 15 is 0 Å². The Labute approximate surface area is 250 Å². The molecular formula is C33H44N4O4Si. The van der Waals surface area contributed by atoms with Crippen LogP contribution in [-0.4, -0.2) is 47.6 Å². The van der Waals surface area contributed by atoms with E-state index in [0.29, 0.717) is 25.3 Å². The monoisotopic (exact) mass is 588 g/mol. The van der Waals surface area contributed by atoms with Crippen LogP contribution in [0.1, 0.15) is 63.6 Å². The van der Waals surface area contributed by atoms with Gasteiger partial charge in [-0.3, -0.25) is 4.57 Å². The molecule has 0 amide bonds. The van der Waals surface area contributed by atoms with E-state index in [1.54, 1.807) is 23.9 Å². The molecular weight excluding hydrogens is 544 g/mol. The predicted molar refractivity (Wildman–Crippen MR) is 170 cm³/mol. The third-order valence-electron chi connectivity index (χ3n) is 7.78. The lowest BCUT2D eigenvalue weighted by molar-refractivity contribution is 0.0544. The number of carbonyl (C=O) groups excluding carboxylic acids is 1. The average Bonchev–Trinajstić information content (AvgIpc) is 3.51. The Morgan fingerprint density at radius 1 is 1.12 bits per heavy atom. The van der Waals surface area contributed by atoms with Gasteiger partial charge in [-0.1, -0.05) is 26.6 Å². The lowest BCUT2D eigenvalue weighted by Crippen LogP contribution is -2.30. The molecule has 224 valence electrons. The molecule has 2 aromatic heterocycles. The van der Waals surface area contributed by atoms with Crippen molar-refractivity contribution in [2.75, 3.05) is 13.7 Å². The molecule has 4 rings (SSSR count). The highest BCUT2D eigenvalue weighted by Crippen LogP contribution is 2.46. The Hall–Kier alpha value is -3.61. The molecule has 0 saturated carbocycles. The van der Waals surface area contributed by atoms with Gasteiger partial charge < -0.3 is 18.8 Å². The van der Waals surface area contributed by atoms with Gasteiger partial charge in [0, 0.05) is 31.8 Å². The Morgan fingerprint density at radius 3 is 2.43 bits per heavy atom. The number of nitrogens with zero attached hydrogens (tertiary/aromatic N) is 4. The Balaban J connectivity index is 1.95. The molecule has 0 bridgehead atoms. The minimum atomic E-state index is -1.28. The van der Waals surface area contributed by atoms with Crippen molar-refractivity contribution < 1.29 is 19.0 Å². The lowest BCUT2D eigenvalue weighted by atomic mass is 9.76. The number of hydrogen-bond donors (Lipinski definition) is 0. The van der Waals surface area contributed by atoms with Crippen molar-refractivity contribution in [3.05, 3.63) is 59.0 Å². The third-order valence-corrected chi connectivity index (χ3v) is 9.48. The maximum atomic E-state index is 13.2. The number of carbonyl (C=O) groups is 1. The SMILES string of the molecule is CCC(C)(c1c(OC)cc(C)c2c1ccn2C(=O)OC(C)(C)C)c1nc2ccc(C#N)cc2n1COCC[Si](C)(C)C. The highest BCUT2D eigenvalue weighted by Gasteiger charge is 2.38. The Bertz CT molecular complexity index is 1670. The zero-order valence-corrected chi connectivity index (χ0v) is 27.7. The normalized spacial score (nSPS) is 13.7. The van der Waals surface area contributed by atoms with Gasteiger partial charge in [0.25, 0.3) is 0 Å². The Kier molecular flexibility index (Phi) is 8.64. The number of methoxy groups -OCH3 is 1. The molecule has 9 heteroatoms. The van der Waals surface area contributed by atoms with E-state index in [9.17, 15) is 10.1 Å². The summed E-state index contributed by atoms with van der Waals surface area (Å²) in [6.45, 7) is 19.8. The second-order valence-corrected chi connectivity index (χ2v) is 19.0. The number of rotatable bonds is 9. The molecule has 2 aromatic carbocycles. The van der Waals surface area contributed by atoms with Gasteiger partial charge in [-0.25, -0.2) is 9.78 Å². The van der Waals surface area contributed by atoms with Crippen LogP contribution in [0.5, 0.6) is 5.75 Å². The van der Waals surface area contributed by atoms with Crippen molar-refractivity contribution in [1.29, 1.82) is 5.26 Å². The molecule has 0 aliphatic rings. The van der Waals surface area contributed by atoms with E-state index in [4.69, 9.17) is 19.2 Å². The van der Waals surface area contributed by atoms with E-state index in [0.717, 1.165) is 50.7 Å². The van der Waals surface area contributed by atoms with Crippen LogP contribution in [0.15, 0.2) is 36.5 Å². The van der Waals surface area contributed by atoms with Crippen molar-refractivity contribution in [1.82, 2.24) is 14.1 Å². The number of fused-ring (bicyclic) bond motifs is 2. The summed E-state index contributed by atoms with van der Waals surface area (Å²) in [6, 6.07) is 12.8. The lowest BCUT2D eigenvalue weighted by Gasteiger charge is -2.32. The van der Waals surface area contributed by atoms with E-state index < -0.39 is 25.2 Å². The number of aryl methyl sites for hydroxylation is 1. The van der Waals surface area contributed by atoms with Crippen LogP contribution < -0.4 is 4.74 Å². The summed E-state index contributed by atoms with van der Waals surface area (Å²) >= 11 is 0. The summed E-state index contributed by atoms with van der Waals surface area (Å²) in [6.07, 6.45) is 2.04. The maximum absolute atomic E-state index is 13.2. The standard InChI is InChI=1S/C33H44N4O4Si/c1-11-33(6,28-24-14-15-36(31(38)41-32(3,4)5)29(24)22(2)18-27(28)39-7)30-35-25-13-12-23(20-34)19-26(25)37(30)21-40-16-17-42(8,9)10/h12-15,18-19H,11,16-17,21H2,1-10H3. The highest BCUT2D eigenvalue weighted by molar-refractivity contribution is 6.76. The summed E-state index contributed by atoms with van der Waals surface area (Å²) in [5.41, 5.74) is 3.58. The second-order valence-electron chi connectivity index (χ2n) is 13.4. The molecule has 2 heterocycles. The van der Waals surface area contributed by atoms with Crippen LogP contribution in [0.4, 0.5) is 4.79 Å². The summed E-state index contributed by atoms with van der Waals surface area (Å²) < 4.78 is 21.7. The van der Waals surface area contributed by atoms with Crippen LogP contribution >= 0.6 is 0 Å². The summed E-state index contributed by atoms with van der Waals surface area (Å²) in [7, 11) is 0.396. The molecule has 0 spiro atoms. The van der Waals surface area contributed by atoms with Crippen molar-refractivity contribution in [3.63, 3.8) is 0 Å². The van der Waals surface area contributed by atoms with Gasteiger partial charge in [-0.15, -0.1) is 0 Å². The average molecular weight is 589 g/mol. The quantitative estimate of drug-likeness (QED) is 0.145. The fourth-order valence-corrected chi connectivity index (χ4v) is 6.18. The van der Waals surface area contributed by atoms with Gasteiger partial charge in [-0.05, 0) is 83.0 Å². The van der Waals surface area contributed by atoms with E-state index in [2.05, 4.69) is 44.1 Å². The molecule has 42 heavy (non-hydrogen) atoms. The molecule has 0 fully saturated rings. The summed E-state index contributed by atoms with van der Waals surface area (Å²) in [4.78, 5) is 18.4. The molecule has 0 N–H and O–H groups in total. The van der Waals surface area contributed by atoms with Gasteiger partial charge in [0.15, 0.2) is 0 Å². The molecule has 8 nitrogen and oxygen atoms in total. The first kappa shape index (κ1) is 31.3. The zero-order chi connectivity index (χ0) is 31.0. The van der Waals surface area contributed by atoms with Gasteiger partial charge >= 0.3 is 6.09 Å². The van der Waals surface area contributed by atoms with Crippen molar-refractivity contribution in [3.8, 4) is 11.8 Å². The topological polar surface area (TPSA) is 91.3 Å². The maximum Gasteiger partial charge on any atom is 0.419 e. The van der Waals surface area contributed by atoms with Crippen molar-refractivity contribution >= 4 is 36.1 Å². The predicted octanol–water partition coefficient (Wildman–Crippen LogP) is 7.99. The molecule has 0 radical (unpaired) electrons. The smallest absolute Gasteiger partial charge is 0.419 e. The minimum absolute atomic E-state index is 0.316. The third kappa shape index (κ3) is 6.11. The number of aromatic nitrogens is 3. The van der Waals surface area contributed by atoms with Gasteiger partial charge in [-0.2, -0.15) is 5.26 Å². The zero-order valence-electron chi connectivity index (χ0n) is 26.7. The van der Waals surface area contributed by atoms with E-state index in [1.165, 1.54) is 0 Å². The fraction of sp³-hybridized carbons (Fsp3) is 0.485. The Morgan fingerprint density at radius 2 is 1.83 bits per heavy atom. The van der Waals surface area contributed by atoms with Gasteiger partial charge in [0.1, 0.15) is 23.9 Å². The minimum Gasteiger partial charge on any atom is -0.496 e. The molecule has 1 unspecified atom stereocenters. The number of imidazole rings is 1. The number of hydrogen-bond acceptors (Lipinski definition) is 6. The molecule has 4 aromatic rings. The van der Waals surface area contributed by atoms with Gasteiger partial charge in [0.2, 0.25) is 0 Å². The summed E-state index contributed by atoms with van der Waals surface area (Å²) in [5.74, 6) is 1.54. The van der Waals surface area contributed by atoms with Crippen LogP contribution in [0.25, 0.3) is 21.9 Å². The molecule has 0 saturated heterocycles. The van der Waals surface area contributed by atoms with Crippen LogP contribution in [0.3, 0.4) is 0 Å². The number of benzene rings is 2. The van der Waals surface area contributed by atoms with E-state index in [1.807, 2.05) is 52.0 Å². The highest BCUT2D eigenvalue weighted by atomic mass is 28.3. The molecule has 0 aliphatic carbocycles. The number of nitriles is 1. The summed E-state index contributed by atoms with van der Waals surface area (Å²) in [5, 5.41) is 10.6. The first-order valence-corrected chi connectivity index (χ1v) is 18.3. The second kappa shape index (κ2) is 11.6. The van der Waals surface area contributed by atoms with Crippen molar-refractivity contribution in [2.45, 2.75) is 91.4 Å². The van der Waals surface area contributed by atoms with Gasteiger partial charge in [0.05, 0.1) is 40.7 Å². The van der Waals surface area contributed by atoms with E-state index in [-0.39, 0.29) is 0 Å². The first-order valence-electron chi connectivity index (χ1n) is 14.5.